The highest BCUT2D eigenvalue weighted by molar-refractivity contribution is 5.76. The molecule has 0 aliphatic rings. The minimum Gasteiger partial charge on any atom is -0.491 e. The number of carbonyl (C=O) groups excluding carboxylic acids is 2. The van der Waals surface area contributed by atoms with E-state index in [1.807, 2.05) is 44.2 Å². The molecule has 1 aromatic carbocycles. The predicted octanol–water partition coefficient (Wildman–Crippen LogP) is 4.20. The largest absolute Gasteiger partial charge is 0.491 e. The lowest BCUT2D eigenvalue weighted by atomic mass is 9.83. The second kappa shape index (κ2) is 15.7. The average molecular weight is 481 g/mol. The molecule has 2 atom stereocenters. The quantitative estimate of drug-likeness (QED) is 0.189. The Morgan fingerprint density at radius 3 is 2.00 bits per heavy atom. The Morgan fingerprint density at radius 1 is 0.794 bits per heavy atom. The molecule has 7 heteroatoms. The van der Waals surface area contributed by atoms with Crippen molar-refractivity contribution in [2.75, 3.05) is 60.7 Å². The molecular weight excluding hydrogens is 434 g/mol. The molecule has 0 fully saturated rings. The van der Waals surface area contributed by atoms with Crippen LogP contribution >= 0.6 is 0 Å². The first-order valence-electron chi connectivity index (χ1n) is 12.4. The molecule has 0 aromatic heterocycles. The van der Waals surface area contributed by atoms with Crippen molar-refractivity contribution in [3.8, 4) is 5.75 Å². The van der Waals surface area contributed by atoms with Gasteiger partial charge in [-0.25, -0.2) is 0 Å². The van der Waals surface area contributed by atoms with Gasteiger partial charge in [0.1, 0.15) is 32.1 Å². The van der Waals surface area contributed by atoms with E-state index < -0.39 is 0 Å². The number of ether oxygens (including phenoxy) is 4. The summed E-state index contributed by atoms with van der Waals surface area (Å²) in [6.07, 6.45) is 1.12. The lowest BCUT2D eigenvalue weighted by molar-refractivity contribution is -0.870. The van der Waals surface area contributed by atoms with Gasteiger partial charge in [0.05, 0.1) is 46.2 Å². The predicted molar refractivity (Wildman–Crippen MR) is 133 cm³/mol. The van der Waals surface area contributed by atoms with Gasteiger partial charge in [-0.1, -0.05) is 45.9 Å². The summed E-state index contributed by atoms with van der Waals surface area (Å²) < 4.78 is 22.9. The molecule has 34 heavy (non-hydrogen) atoms. The van der Waals surface area contributed by atoms with Crippen molar-refractivity contribution in [3.63, 3.8) is 0 Å². The van der Waals surface area contributed by atoms with Gasteiger partial charge in [0.2, 0.25) is 0 Å². The number of rotatable bonds is 17. The zero-order valence-corrected chi connectivity index (χ0v) is 22.2. The SMILES string of the molecule is CC(C)CC(CC(C(=O)OCCOCCOc1ccccc1)C(C)C)C(=O)OCC[N+](C)(C)C. The van der Waals surface area contributed by atoms with Crippen LogP contribution in [0.3, 0.4) is 0 Å². The molecule has 0 heterocycles. The van der Waals surface area contributed by atoms with Crippen molar-refractivity contribution in [2.45, 2.75) is 40.5 Å². The van der Waals surface area contributed by atoms with E-state index in [9.17, 15) is 9.59 Å². The van der Waals surface area contributed by atoms with Crippen LogP contribution in [-0.2, 0) is 23.8 Å². The Bertz CT molecular complexity index is 699. The Labute approximate surface area is 206 Å². The van der Waals surface area contributed by atoms with Crippen LogP contribution in [-0.4, -0.2) is 77.1 Å². The number of likely N-dealkylation sites (N-methyl/N-ethyl adjacent to an activating group) is 1. The fourth-order valence-electron chi connectivity index (χ4n) is 3.49. The molecule has 0 saturated carbocycles. The molecule has 0 bridgehead atoms. The number of hydrogen-bond acceptors (Lipinski definition) is 6. The van der Waals surface area contributed by atoms with Crippen LogP contribution in [0.5, 0.6) is 5.75 Å². The summed E-state index contributed by atoms with van der Waals surface area (Å²) in [7, 11) is 6.18. The van der Waals surface area contributed by atoms with Crippen LogP contribution in [0.4, 0.5) is 0 Å². The fourth-order valence-corrected chi connectivity index (χ4v) is 3.49. The fraction of sp³-hybridized carbons (Fsp3) is 0.704. The van der Waals surface area contributed by atoms with Gasteiger partial charge in [-0.2, -0.15) is 0 Å². The molecule has 194 valence electrons. The van der Waals surface area contributed by atoms with Gasteiger partial charge in [-0.3, -0.25) is 9.59 Å². The molecular formula is C27H46NO6+. The standard InChI is InChI=1S/C27H46NO6/c1-21(2)19-23(26(29)33-14-13-28(5,6)7)20-25(22(3)4)27(30)34-18-16-31-15-17-32-24-11-9-8-10-12-24/h8-12,21-23,25H,13-20H2,1-7H3/q+1. The minimum absolute atomic E-state index is 0.0568. The first-order valence-corrected chi connectivity index (χ1v) is 12.4. The summed E-state index contributed by atoms with van der Waals surface area (Å²) in [5.74, 6) is -0.0127. The van der Waals surface area contributed by atoms with Crippen LogP contribution in [0.15, 0.2) is 30.3 Å². The van der Waals surface area contributed by atoms with E-state index in [-0.39, 0.29) is 36.3 Å². The van der Waals surface area contributed by atoms with E-state index in [1.165, 1.54) is 0 Å². The highest BCUT2D eigenvalue weighted by atomic mass is 16.6. The molecule has 0 N–H and O–H groups in total. The Balaban J connectivity index is 2.46. The van der Waals surface area contributed by atoms with E-state index in [4.69, 9.17) is 18.9 Å². The molecule has 0 aliphatic carbocycles. The highest BCUT2D eigenvalue weighted by Gasteiger charge is 2.32. The lowest BCUT2D eigenvalue weighted by Crippen LogP contribution is -2.38. The zero-order valence-electron chi connectivity index (χ0n) is 22.2. The van der Waals surface area contributed by atoms with Gasteiger partial charge >= 0.3 is 11.9 Å². The number of carbonyl (C=O) groups is 2. The number of esters is 2. The summed E-state index contributed by atoms with van der Waals surface area (Å²) in [5, 5.41) is 0. The summed E-state index contributed by atoms with van der Waals surface area (Å²) in [5.41, 5.74) is 0. The smallest absolute Gasteiger partial charge is 0.309 e. The molecule has 0 aliphatic heterocycles. The zero-order chi connectivity index (χ0) is 25.6. The van der Waals surface area contributed by atoms with Crippen molar-refractivity contribution in [3.05, 3.63) is 30.3 Å². The monoisotopic (exact) mass is 480 g/mol. The van der Waals surface area contributed by atoms with Gasteiger partial charge in [0.25, 0.3) is 0 Å². The molecule has 1 rings (SSSR count). The third-order valence-corrected chi connectivity index (χ3v) is 5.45. The number of para-hydroxylation sites is 1. The number of hydrogen-bond donors (Lipinski definition) is 0. The molecule has 2 unspecified atom stereocenters. The lowest BCUT2D eigenvalue weighted by Gasteiger charge is -2.26. The van der Waals surface area contributed by atoms with Crippen molar-refractivity contribution in [2.24, 2.45) is 23.7 Å². The van der Waals surface area contributed by atoms with Gasteiger partial charge in [0.15, 0.2) is 0 Å². The van der Waals surface area contributed by atoms with Crippen LogP contribution in [0.2, 0.25) is 0 Å². The second-order valence-electron chi connectivity index (χ2n) is 10.5. The summed E-state index contributed by atoms with van der Waals surface area (Å²) >= 11 is 0. The average Bonchev–Trinajstić information content (AvgIpc) is 2.75. The first-order chi connectivity index (χ1) is 16.0. The Hall–Kier alpha value is -2.12. The summed E-state index contributed by atoms with van der Waals surface area (Å²) in [6, 6.07) is 9.54. The molecule has 0 amide bonds. The molecule has 0 radical (unpaired) electrons. The van der Waals surface area contributed by atoms with Crippen molar-refractivity contribution < 1.29 is 33.0 Å². The number of nitrogens with zero attached hydrogens (tertiary/aromatic N) is 1. The van der Waals surface area contributed by atoms with Crippen molar-refractivity contribution >= 4 is 11.9 Å². The third kappa shape index (κ3) is 13.6. The van der Waals surface area contributed by atoms with Crippen LogP contribution in [0.25, 0.3) is 0 Å². The maximum absolute atomic E-state index is 12.8. The molecule has 7 nitrogen and oxygen atoms in total. The minimum atomic E-state index is -0.365. The van der Waals surface area contributed by atoms with E-state index >= 15 is 0 Å². The molecule has 1 aromatic rings. The van der Waals surface area contributed by atoms with Gasteiger partial charge < -0.3 is 23.4 Å². The van der Waals surface area contributed by atoms with Crippen LogP contribution in [0.1, 0.15) is 40.5 Å². The topological polar surface area (TPSA) is 71.1 Å². The Kier molecular flexibility index (Phi) is 13.8. The van der Waals surface area contributed by atoms with E-state index in [0.717, 1.165) is 16.8 Å². The van der Waals surface area contributed by atoms with Crippen LogP contribution in [0, 0.1) is 23.7 Å². The number of benzene rings is 1. The van der Waals surface area contributed by atoms with Crippen molar-refractivity contribution in [1.29, 1.82) is 0 Å². The third-order valence-electron chi connectivity index (χ3n) is 5.45. The normalized spacial score (nSPS) is 13.6. The van der Waals surface area contributed by atoms with Gasteiger partial charge in [-0.05, 0) is 36.8 Å². The van der Waals surface area contributed by atoms with Crippen molar-refractivity contribution in [1.82, 2.24) is 0 Å². The van der Waals surface area contributed by atoms with E-state index in [0.29, 0.717) is 45.2 Å². The first kappa shape index (κ1) is 29.9. The van der Waals surface area contributed by atoms with Gasteiger partial charge in [0, 0.05) is 0 Å². The maximum Gasteiger partial charge on any atom is 0.309 e. The molecule has 0 saturated heterocycles. The Morgan fingerprint density at radius 2 is 1.41 bits per heavy atom. The van der Waals surface area contributed by atoms with Crippen LogP contribution < -0.4 is 4.74 Å². The summed E-state index contributed by atoms with van der Waals surface area (Å²) in [6.45, 7) is 10.6. The summed E-state index contributed by atoms with van der Waals surface area (Å²) in [4.78, 5) is 25.6. The van der Waals surface area contributed by atoms with E-state index in [1.54, 1.807) is 0 Å². The molecule has 0 spiro atoms. The maximum atomic E-state index is 12.8. The highest BCUT2D eigenvalue weighted by Crippen LogP contribution is 2.27. The van der Waals surface area contributed by atoms with E-state index in [2.05, 4.69) is 35.0 Å². The van der Waals surface area contributed by atoms with Gasteiger partial charge in [-0.15, -0.1) is 0 Å². The second-order valence-corrected chi connectivity index (χ2v) is 10.5. The number of quaternary nitrogens is 1.